The first-order valence-corrected chi connectivity index (χ1v) is 6.63. The van der Waals surface area contributed by atoms with Gasteiger partial charge in [0.25, 0.3) is 0 Å². The molecule has 18 heavy (non-hydrogen) atoms. The fraction of sp³-hybridized carbons (Fsp3) is 0.727. The number of alkyl halides is 3. The van der Waals surface area contributed by atoms with E-state index in [1.165, 1.54) is 0 Å². The molecule has 0 saturated carbocycles. The van der Waals surface area contributed by atoms with E-state index in [0.29, 0.717) is 11.3 Å². The van der Waals surface area contributed by atoms with Gasteiger partial charge in [-0.2, -0.15) is 13.2 Å². The quantitative estimate of drug-likeness (QED) is 0.905. The van der Waals surface area contributed by atoms with E-state index in [1.54, 1.807) is 0 Å². The predicted molar refractivity (Wildman–Crippen MR) is 58.1 cm³/mol. The predicted octanol–water partition coefficient (Wildman–Crippen LogP) is 2.76. The van der Waals surface area contributed by atoms with E-state index < -0.39 is 17.3 Å². The molecule has 1 aromatic heterocycles. The Morgan fingerprint density at radius 2 is 2.22 bits per heavy atom. The largest absolute Gasteiger partial charge is 0.443 e. The summed E-state index contributed by atoms with van der Waals surface area (Å²) in [6, 6.07) is 0. The zero-order valence-corrected chi connectivity index (χ0v) is 10.2. The number of ether oxygens (including phenoxy) is 1. The second-order valence-corrected chi connectivity index (χ2v) is 5.85. The Labute approximate surface area is 106 Å². The van der Waals surface area contributed by atoms with Crippen LogP contribution in [-0.2, 0) is 10.9 Å². The van der Waals surface area contributed by atoms with E-state index in [-0.39, 0.29) is 23.0 Å². The minimum absolute atomic E-state index is 0.0126. The lowest BCUT2D eigenvalue weighted by Gasteiger charge is -2.22. The number of aromatic nitrogens is 1. The molecule has 3 nitrogen and oxygen atoms in total. The lowest BCUT2D eigenvalue weighted by atomic mass is 9.85. The molecule has 3 rings (SSSR count). The highest BCUT2D eigenvalue weighted by atomic mass is 32.1. The van der Waals surface area contributed by atoms with Crippen LogP contribution in [0.1, 0.15) is 35.3 Å². The second kappa shape index (κ2) is 4.18. The van der Waals surface area contributed by atoms with Crippen LogP contribution in [0.3, 0.4) is 0 Å². The Bertz CT molecular complexity index is 448. The van der Waals surface area contributed by atoms with Crippen LogP contribution in [0.2, 0.25) is 0 Å². The molecule has 4 atom stereocenters. The number of aliphatic hydroxyl groups is 1. The van der Waals surface area contributed by atoms with E-state index in [1.807, 2.05) is 0 Å². The maximum absolute atomic E-state index is 12.4. The van der Waals surface area contributed by atoms with Gasteiger partial charge in [0.05, 0.1) is 23.2 Å². The van der Waals surface area contributed by atoms with E-state index in [0.717, 1.165) is 25.5 Å². The van der Waals surface area contributed by atoms with Crippen LogP contribution in [0.15, 0.2) is 6.20 Å². The number of hydrogen-bond acceptors (Lipinski definition) is 4. The molecule has 1 N–H and O–H groups in total. The number of halogens is 3. The van der Waals surface area contributed by atoms with Crippen LogP contribution in [0.4, 0.5) is 13.2 Å². The summed E-state index contributed by atoms with van der Waals surface area (Å²) in [5, 5.41) is 9.24. The van der Waals surface area contributed by atoms with Crippen LogP contribution >= 0.6 is 11.3 Å². The Kier molecular flexibility index (Phi) is 2.87. The molecule has 0 amide bonds. The first-order valence-electron chi connectivity index (χ1n) is 5.81. The summed E-state index contributed by atoms with van der Waals surface area (Å²) in [6.45, 7) is 0. The highest BCUT2D eigenvalue weighted by Crippen LogP contribution is 2.46. The first-order chi connectivity index (χ1) is 8.45. The Balaban J connectivity index is 1.76. The first kappa shape index (κ1) is 12.4. The van der Waals surface area contributed by atoms with Crippen molar-refractivity contribution < 1.29 is 23.0 Å². The maximum atomic E-state index is 12.4. The summed E-state index contributed by atoms with van der Waals surface area (Å²) in [6.07, 6.45) is -1.44. The van der Waals surface area contributed by atoms with Gasteiger partial charge in [-0.1, -0.05) is 0 Å². The maximum Gasteiger partial charge on any atom is 0.443 e. The van der Waals surface area contributed by atoms with E-state index >= 15 is 0 Å². The average Bonchev–Trinajstić information content (AvgIpc) is 3.02. The zero-order valence-electron chi connectivity index (χ0n) is 9.35. The third-order valence-corrected chi connectivity index (χ3v) is 4.73. The van der Waals surface area contributed by atoms with E-state index in [4.69, 9.17) is 4.74 Å². The monoisotopic (exact) mass is 279 g/mol. The number of thiazole rings is 1. The topological polar surface area (TPSA) is 42.4 Å². The van der Waals surface area contributed by atoms with Crippen molar-refractivity contribution in [2.24, 2.45) is 5.92 Å². The molecular weight excluding hydrogens is 267 g/mol. The standard InChI is InChI=1S/C11H12F3NO2S/c12-11(13,14)10-15-4-8(18-10)9(16)6-3-5-1-2-7(6)17-5/h4-7,9,16H,1-3H2. The number of aliphatic hydroxyl groups excluding tert-OH is 1. The molecule has 0 spiro atoms. The fourth-order valence-electron chi connectivity index (χ4n) is 2.77. The molecule has 2 saturated heterocycles. The van der Waals surface area contributed by atoms with Gasteiger partial charge in [-0.3, -0.25) is 0 Å². The van der Waals surface area contributed by atoms with Crippen molar-refractivity contribution in [1.82, 2.24) is 4.98 Å². The smallest absolute Gasteiger partial charge is 0.387 e. The van der Waals surface area contributed by atoms with Crippen molar-refractivity contribution >= 4 is 11.3 Å². The van der Waals surface area contributed by atoms with Gasteiger partial charge in [-0.15, -0.1) is 11.3 Å². The molecular formula is C11H12F3NO2S. The highest BCUT2D eigenvalue weighted by molar-refractivity contribution is 7.11. The van der Waals surface area contributed by atoms with Gasteiger partial charge in [0.15, 0.2) is 5.01 Å². The van der Waals surface area contributed by atoms with Gasteiger partial charge >= 0.3 is 6.18 Å². The number of fused-ring (bicyclic) bond motifs is 2. The summed E-state index contributed by atoms with van der Waals surface area (Å²) < 4.78 is 42.9. The van der Waals surface area contributed by atoms with E-state index in [9.17, 15) is 18.3 Å². The molecule has 100 valence electrons. The lowest BCUT2D eigenvalue weighted by Crippen LogP contribution is -2.23. The molecule has 0 aliphatic carbocycles. The third-order valence-electron chi connectivity index (χ3n) is 3.62. The van der Waals surface area contributed by atoms with Crippen molar-refractivity contribution in [1.29, 1.82) is 0 Å². The van der Waals surface area contributed by atoms with Crippen LogP contribution < -0.4 is 0 Å². The molecule has 4 unspecified atom stereocenters. The van der Waals surface area contributed by atoms with Gasteiger partial charge in [0.1, 0.15) is 0 Å². The Morgan fingerprint density at radius 1 is 1.44 bits per heavy atom. The SMILES string of the molecule is OC(c1cnc(C(F)(F)F)s1)C1CC2CCC1O2. The molecule has 2 aliphatic heterocycles. The minimum atomic E-state index is -4.44. The molecule has 7 heteroatoms. The molecule has 2 fully saturated rings. The number of nitrogens with zero attached hydrogens (tertiary/aromatic N) is 1. The molecule has 0 aromatic carbocycles. The highest BCUT2D eigenvalue weighted by Gasteiger charge is 2.45. The molecule has 2 bridgehead atoms. The van der Waals surface area contributed by atoms with Crippen LogP contribution in [0, 0.1) is 5.92 Å². The summed E-state index contributed by atoms with van der Waals surface area (Å²) in [4.78, 5) is 3.62. The number of hydrogen-bond donors (Lipinski definition) is 1. The summed E-state index contributed by atoms with van der Waals surface area (Å²) >= 11 is 0.520. The molecule has 1 aromatic rings. The van der Waals surface area contributed by atoms with Crippen molar-refractivity contribution in [3.05, 3.63) is 16.1 Å². The van der Waals surface area contributed by atoms with Crippen LogP contribution in [0.5, 0.6) is 0 Å². The average molecular weight is 279 g/mol. The van der Waals surface area contributed by atoms with Gasteiger partial charge in [0, 0.05) is 12.1 Å². The second-order valence-electron chi connectivity index (χ2n) is 4.78. The molecule has 3 heterocycles. The molecule has 2 aliphatic rings. The normalized spacial score (nSPS) is 33.0. The van der Waals surface area contributed by atoms with Gasteiger partial charge < -0.3 is 9.84 Å². The Morgan fingerprint density at radius 3 is 2.72 bits per heavy atom. The summed E-state index contributed by atoms with van der Waals surface area (Å²) in [5.41, 5.74) is 0. The summed E-state index contributed by atoms with van der Waals surface area (Å²) in [7, 11) is 0. The van der Waals surface area contributed by atoms with Crippen molar-refractivity contribution in [3.63, 3.8) is 0 Å². The minimum Gasteiger partial charge on any atom is -0.387 e. The van der Waals surface area contributed by atoms with Crippen LogP contribution in [0.25, 0.3) is 0 Å². The molecule has 0 radical (unpaired) electrons. The Hall–Kier alpha value is -0.660. The van der Waals surface area contributed by atoms with E-state index in [2.05, 4.69) is 4.98 Å². The van der Waals surface area contributed by atoms with Crippen molar-refractivity contribution in [3.8, 4) is 0 Å². The summed E-state index contributed by atoms with van der Waals surface area (Å²) in [5.74, 6) is -0.0923. The van der Waals surface area contributed by atoms with Gasteiger partial charge in [-0.05, 0) is 19.3 Å². The fourth-order valence-corrected chi connectivity index (χ4v) is 3.62. The number of rotatable bonds is 2. The van der Waals surface area contributed by atoms with Crippen LogP contribution in [-0.4, -0.2) is 22.3 Å². The zero-order chi connectivity index (χ0) is 12.9. The van der Waals surface area contributed by atoms with Crippen molar-refractivity contribution in [2.75, 3.05) is 0 Å². The van der Waals surface area contributed by atoms with Gasteiger partial charge in [-0.25, -0.2) is 4.98 Å². The van der Waals surface area contributed by atoms with Gasteiger partial charge in [0.2, 0.25) is 0 Å². The van der Waals surface area contributed by atoms with Crippen molar-refractivity contribution in [2.45, 2.75) is 43.8 Å². The third kappa shape index (κ3) is 2.04. The lowest BCUT2D eigenvalue weighted by molar-refractivity contribution is -0.137.